The maximum atomic E-state index is 5.28. The van der Waals surface area contributed by atoms with Crippen molar-refractivity contribution < 1.29 is 16.5 Å². The van der Waals surface area contributed by atoms with Crippen LogP contribution in [-0.4, -0.2) is 27.6 Å². The van der Waals surface area contributed by atoms with Crippen LogP contribution in [0, 0.1) is 54.6 Å². The van der Waals surface area contributed by atoms with Crippen molar-refractivity contribution in [2.24, 2.45) is 9.98 Å². The van der Waals surface area contributed by atoms with Gasteiger partial charge in [0.05, 0.1) is 22.8 Å². The first-order chi connectivity index (χ1) is 19.3. The van der Waals surface area contributed by atoms with Crippen molar-refractivity contribution in [3.8, 4) is 0 Å². The molecule has 1 aliphatic rings. The molecule has 0 amide bonds. The molecule has 43 heavy (non-hydrogen) atoms. The van der Waals surface area contributed by atoms with Gasteiger partial charge in [0.25, 0.3) is 0 Å². The summed E-state index contributed by atoms with van der Waals surface area (Å²) in [7, 11) is -1.72. The van der Waals surface area contributed by atoms with E-state index in [4.69, 9.17) is 9.98 Å². The Balaban J connectivity index is 0.000000511. The Bertz CT molecular complexity index is 1490. The van der Waals surface area contributed by atoms with Crippen LogP contribution in [0.4, 0.5) is 11.4 Å². The summed E-state index contributed by atoms with van der Waals surface area (Å²) >= 11 is 0. The Kier molecular flexibility index (Phi) is 12.3. The molecule has 4 aromatic carbocycles. The number of aryl methyl sites for hydroxylation is 6. The Hall–Kier alpha value is -2.59. The van der Waals surface area contributed by atoms with Gasteiger partial charge in [-0.1, -0.05) is 111 Å². The summed E-state index contributed by atoms with van der Waals surface area (Å²) in [6.07, 6.45) is 0. The Morgan fingerprint density at radius 2 is 0.791 bits per heavy atom. The minimum absolute atomic E-state index is 0. The molecular formula is C38H50N2NiSi2. The molecular weight excluding hydrogens is 599 g/mol. The van der Waals surface area contributed by atoms with Crippen LogP contribution in [0.2, 0.25) is 39.3 Å². The molecule has 0 fully saturated rings. The van der Waals surface area contributed by atoms with Crippen LogP contribution < -0.4 is 0 Å². The van der Waals surface area contributed by atoms with Gasteiger partial charge in [-0.2, -0.15) is 0 Å². The summed E-state index contributed by atoms with van der Waals surface area (Å²) in [5.41, 5.74) is 13.7. The molecule has 0 N–H and O–H groups in total. The molecule has 0 aliphatic heterocycles. The third kappa shape index (κ3) is 10.2. The summed E-state index contributed by atoms with van der Waals surface area (Å²) in [5, 5.41) is 2.48. The van der Waals surface area contributed by atoms with Crippen LogP contribution in [0.5, 0.6) is 0 Å². The molecule has 0 unspecified atom stereocenters. The number of benzene rings is 4. The molecule has 0 spiro atoms. The van der Waals surface area contributed by atoms with Crippen molar-refractivity contribution in [2.75, 3.05) is 0 Å². The zero-order chi connectivity index (χ0) is 31.6. The van der Waals surface area contributed by atoms with Gasteiger partial charge in [0, 0.05) is 16.5 Å². The molecule has 2 nitrogen and oxygen atoms in total. The van der Waals surface area contributed by atoms with E-state index >= 15 is 0 Å². The van der Waals surface area contributed by atoms with Gasteiger partial charge >= 0.3 is 16.5 Å². The normalized spacial score (nSPS) is 14.2. The third-order valence-corrected chi connectivity index (χ3v) is 6.36. The number of aliphatic imine (C=N–C) groups is 2. The van der Waals surface area contributed by atoms with Crippen LogP contribution >= 0.6 is 0 Å². The molecule has 0 aromatic heterocycles. The second kappa shape index (κ2) is 14.5. The summed E-state index contributed by atoms with van der Waals surface area (Å²) in [4.78, 5) is 10.6. The zero-order valence-electron chi connectivity index (χ0n) is 28.4. The van der Waals surface area contributed by atoms with Gasteiger partial charge in [-0.3, -0.25) is 0 Å². The second-order valence-corrected chi connectivity index (χ2v) is 24.5. The molecule has 0 saturated heterocycles. The van der Waals surface area contributed by atoms with Crippen molar-refractivity contribution in [1.29, 1.82) is 0 Å². The molecule has 0 radical (unpaired) electrons. The van der Waals surface area contributed by atoms with Crippen molar-refractivity contribution >= 4 is 49.7 Å². The standard InChI is InChI=1S/C30H28N2.2C4H11Si.Ni/c1-17-13-19(3)27(20(4)14-17)31-29-24-11-7-9-23-10-8-12-25(26(23)24)30(29)32-28-21(5)15-18(2)16-22(28)6;2*1-5(2,3)4;/h7-16H,1-6H3;2*1H2,2-4H3;/q;2*-1;+2. The summed E-state index contributed by atoms with van der Waals surface area (Å²) < 4.78 is 0. The number of rotatable bonds is 2. The molecule has 0 heterocycles. The first-order valence-electron chi connectivity index (χ1n) is 14.9. The number of hydrogen-bond acceptors (Lipinski definition) is 2. The van der Waals surface area contributed by atoms with E-state index in [0.717, 1.165) is 22.8 Å². The second-order valence-electron chi connectivity index (χ2n) is 14.2. The molecule has 5 heteroatoms. The molecule has 4 aromatic rings. The van der Waals surface area contributed by atoms with Gasteiger partial charge in [0.1, 0.15) is 0 Å². The molecule has 1 aliphatic carbocycles. The Morgan fingerprint density at radius 3 is 1.07 bits per heavy atom. The summed E-state index contributed by atoms with van der Waals surface area (Å²) in [5.74, 6) is 0. The average Bonchev–Trinajstić information content (AvgIpc) is 3.10. The quantitative estimate of drug-likeness (QED) is 0.153. The molecule has 0 bridgehead atoms. The average molecular weight is 650 g/mol. The molecule has 0 saturated carbocycles. The van der Waals surface area contributed by atoms with Crippen molar-refractivity contribution in [3.63, 3.8) is 0 Å². The van der Waals surface area contributed by atoms with E-state index in [1.165, 1.54) is 55.3 Å². The van der Waals surface area contributed by atoms with E-state index in [9.17, 15) is 0 Å². The van der Waals surface area contributed by atoms with E-state index < -0.39 is 16.1 Å². The van der Waals surface area contributed by atoms with Crippen LogP contribution in [0.25, 0.3) is 10.8 Å². The van der Waals surface area contributed by atoms with Crippen LogP contribution in [0.1, 0.15) is 44.5 Å². The van der Waals surface area contributed by atoms with Gasteiger partial charge < -0.3 is 13.1 Å². The SMILES string of the molecule is Cc1cc(C)c(N=C2C(=Nc3c(C)cc(C)cc3C)c3cccc4cccc2c34)c(C)c1.[CH2-][Si](C)(C)C.[CH2-][Si](C)(C)C.[Ni+2]. The van der Waals surface area contributed by atoms with Crippen LogP contribution in [0.15, 0.2) is 70.6 Å². The van der Waals surface area contributed by atoms with Crippen molar-refractivity contribution in [2.45, 2.75) is 80.8 Å². The minimum Gasteiger partial charge on any atom is -0.342 e. The Morgan fingerprint density at radius 1 is 0.512 bits per heavy atom. The van der Waals surface area contributed by atoms with Gasteiger partial charge in [0.2, 0.25) is 0 Å². The fourth-order valence-electron chi connectivity index (χ4n) is 5.14. The predicted octanol–water partition coefficient (Wildman–Crippen LogP) is 11.3. The molecule has 5 rings (SSSR count). The maximum absolute atomic E-state index is 5.28. The summed E-state index contributed by atoms with van der Waals surface area (Å²) in [6, 6.07) is 21.8. The first-order valence-corrected chi connectivity index (χ1v) is 22.3. The van der Waals surface area contributed by atoms with E-state index in [2.05, 4.69) is 155 Å². The van der Waals surface area contributed by atoms with Gasteiger partial charge in [-0.15, -0.1) is 16.1 Å². The topological polar surface area (TPSA) is 24.7 Å². The summed E-state index contributed by atoms with van der Waals surface area (Å²) in [6.45, 7) is 34.0. The van der Waals surface area contributed by atoms with Crippen molar-refractivity contribution in [1.82, 2.24) is 0 Å². The van der Waals surface area contributed by atoms with E-state index in [1.807, 2.05) is 0 Å². The maximum Gasteiger partial charge on any atom is 2.00 e. The number of nitrogens with zero attached hydrogens (tertiary/aromatic N) is 2. The van der Waals surface area contributed by atoms with E-state index in [-0.39, 0.29) is 16.5 Å². The monoisotopic (exact) mass is 648 g/mol. The van der Waals surface area contributed by atoms with Gasteiger partial charge in [-0.25, -0.2) is 9.98 Å². The fourth-order valence-corrected chi connectivity index (χ4v) is 5.14. The van der Waals surface area contributed by atoms with Crippen molar-refractivity contribution in [3.05, 3.63) is 118 Å². The molecule has 230 valence electrons. The largest absolute Gasteiger partial charge is 2.00 e. The van der Waals surface area contributed by atoms with Crippen LogP contribution in [0.3, 0.4) is 0 Å². The predicted molar refractivity (Wildman–Crippen MR) is 195 cm³/mol. The third-order valence-electron chi connectivity index (χ3n) is 6.36. The van der Waals surface area contributed by atoms with Gasteiger partial charge in [0.15, 0.2) is 0 Å². The zero-order valence-corrected chi connectivity index (χ0v) is 31.4. The van der Waals surface area contributed by atoms with E-state index in [0.29, 0.717) is 0 Å². The first kappa shape index (κ1) is 36.6. The molecule has 0 atom stereocenters. The number of hydrogen-bond donors (Lipinski definition) is 0. The Labute approximate surface area is 274 Å². The van der Waals surface area contributed by atoms with Crippen LogP contribution in [-0.2, 0) is 16.5 Å². The van der Waals surface area contributed by atoms with E-state index in [1.54, 1.807) is 0 Å². The van der Waals surface area contributed by atoms with Gasteiger partial charge in [-0.05, 0) is 69.2 Å². The minimum atomic E-state index is -0.861. The fraction of sp³-hybridized carbons (Fsp3) is 0.316. The smallest absolute Gasteiger partial charge is 0.342 e.